The molecule has 3 aliphatic carbocycles. The van der Waals surface area contributed by atoms with E-state index in [0.29, 0.717) is 0 Å². The van der Waals surface area contributed by atoms with Gasteiger partial charge in [-0.2, -0.15) is 0 Å². The smallest absolute Gasteiger partial charge is 0.0166 e. The summed E-state index contributed by atoms with van der Waals surface area (Å²) < 4.78 is 0. The Kier molecular flexibility index (Phi) is 0.327. The summed E-state index contributed by atoms with van der Waals surface area (Å²) in [5.41, 5.74) is 2.61. The molecule has 0 nitrogen and oxygen atoms in total. The van der Waals surface area contributed by atoms with E-state index in [1.807, 2.05) is 5.57 Å². The van der Waals surface area contributed by atoms with Gasteiger partial charge in [0.1, 0.15) is 0 Å². The van der Waals surface area contributed by atoms with Crippen LogP contribution < -0.4 is 0 Å². The van der Waals surface area contributed by atoms with Crippen molar-refractivity contribution < 1.29 is 0 Å². The van der Waals surface area contributed by atoms with Crippen molar-refractivity contribution in [3.63, 3.8) is 0 Å². The van der Waals surface area contributed by atoms with E-state index in [4.69, 9.17) is 0 Å². The molecule has 2 fully saturated rings. The van der Waals surface area contributed by atoms with Gasteiger partial charge in [0.2, 0.25) is 0 Å². The summed E-state index contributed by atoms with van der Waals surface area (Å²) in [6.07, 6.45) is 5.47. The van der Waals surface area contributed by atoms with E-state index in [9.17, 15) is 0 Å². The average Bonchev–Trinajstić information content (AvgIpc) is 2.46. The fraction of sp³-hybridized carbons (Fsp3) is 0.750. The summed E-state index contributed by atoms with van der Waals surface area (Å²) in [6, 6.07) is 0. The highest BCUT2D eigenvalue weighted by molar-refractivity contribution is 5.61. The van der Waals surface area contributed by atoms with Crippen LogP contribution in [0.5, 0.6) is 0 Å². The van der Waals surface area contributed by atoms with E-state index in [1.165, 1.54) is 12.8 Å². The first-order valence-electron chi connectivity index (χ1n) is 3.56. The molecular formula is C8H10. The van der Waals surface area contributed by atoms with Crippen LogP contribution in [0.25, 0.3) is 0 Å². The third-order valence-corrected chi connectivity index (χ3v) is 3.11. The van der Waals surface area contributed by atoms with Crippen molar-refractivity contribution in [1.82, 2.24) is 0 Å². The zero-order valence-electron chi connectivity index (χ0n) is 5.15. The summed E-state index contributed by atoms with van der Waals surface area (Å²) in [4.78, 5) is 0. The van der Waals surface area contributed by atoms with E-state index < -0.39 is 0 Å². The molecule has 3 unspecified atom stereocenters. The number of hydrogen-bond acceptors (Lipinski definition) is 0. The Labute approximate surface area is 49.6 Å². The molecule has 42 valence electrons. The van der Waals surface area contributed by atoms with Crippen molar-refractivity contribution >= 4 is 0 Å². The lowest BCUT2D eigenvalue weighted by Gasteiger charge is -1.98. The second kappa shape index (κ2) is 0.706. The SMILES string of the molecule is CC1CC2C3=CC32C1. The molecule has 1 spiro atoms. The fourth-order valence-corrected chi connectivity index (χ4v) is 2.56. The van der Waals surface area contributed by atoms with E-state index in [0.717, 1.165) is 17.3 Å². The highest BCUT2D eigenvalue weighted by atomic mass is 14.8. The maximum atomic E-state index is 2.47. The Morgan fingerprint density at radius 3 is 3.00 bits per heavy atom. The van der Waals surface area contributed by atoms with Gasteiger partial charge in [0.25, 0.3) is 0 Å². The standard InChI is InChI=1S/C8H10/c1-5-2-6-7-4-8(6,7)3-5/h4-6H,2-3H2,1H3. The van der Waals surface area contributed by atoms with Gasteiger partial charge in [-0.25, -0.2) is 0 Å². The number of rotatable bonds is 0. The lowest BCUT2D eigenvalue weighted by atomic mass is 10.1. The first kappa shape index (κ1) is 3.71. The van der Waals surface area contributed by atoms with Gasteiger partial charge < -0.3 is 0 Å². The topological polar surface area (TPSA) is 0 Å². The zero-order chi connectivity index (χ0) is 5.35. The maximum absolute atomic E-state index is 2.47. The molecule has 0 saturated heterocycles. The van der Waals surface area contributed by atoms with Gasteiger partial charge in [-0.3, -0.25) is 0 Å². The van der Waals surface area contributed by atoms with E-state index in [2.05, 4.69) is 13.0 Å². The minimum absolute atomic E-state index is 0.791. The van der Waals surface area contributed by atoms with Gasteiger partial charge in [-0.1, -0.05) is 18.6 Å². The van der Waals surface area contributed by atoms with Crippen molar-refractivity contribution in [1.29, 1.82) is 0 Å². The van der Waals surface area contributed by atoms with Crippen molar-refractivity contribution in [2.45, 2.75) is 19.8 Å². The molecule has 3 rings (SSSR count). The Hall–Kier alpha value is -0.260. The highest BCUT2D eigenvalue weighted by Crippen LogP contribution is 2.81. The van der Waals surface area contributed by atoms with Crippen LogP contribution in [0.2, 0.25) is 0 Å². The largest absolute Gasteiger partial charge is 0.0732 e. The van der Waals surface area contributed by atoms with Crippen LogP contribution >= 0.6 is 0 Å². The molecule has 0 aliphatic heterocycles. The van der Waals surface area contributed by atoms with Crippen LogP contribution in [0.4, 0.5) is 0 Å². The van der Waals surface area contributed by atoms with Crippen LogP contribution in [-0.2, 0) is 0 Å². The van der Waals surface area contributed by atoms with Gasteiger partial charge in [0.05, 0.1) is 0 Å². The number of fused-ring (bicyclic) bond motifs is 1. The Morgan fingerprint density at radius 1 is 1.75 bits per heavy atom. The summed E-state index contributed by atoms with van der Waals surface area (Å²) in [6.45, 7) is 2.38. The molecule has 0 aromatic rings. The minimum atomic E-state index is 0.791. The van der Waals surface area contributed by atoms with E-state index >= 15 is 0 Å². The minimum Gasteiger partial charge on any atom is -0.0732 e. The van der Waals surface area contributed by atoms with Crippen LogP contribution in [0.15, 0.2) is 11.6 Å². The van der Waals surface area contributed by atoms with Crippen molar-refractivity contribution in [2.24, 2.45) is 17.3 Å². The third kappa shape index (κ3) is 0.195. The number of hydrogen-bond donors (Lipinski definition) is 0. The van der Waals surface area contributed by atoms with Gasteiger partial charge in [-0.05, 0) is 24.7 Å². The summed E-state index contributed by atoms with van der Waals surface area (Å²) in [5, 5.41) is 0. The van der Waals surface area contributed by atoms with Crippen LogP contribution in [0.3, 0.4) is 0 Å². The first-order chi connectivity index (χ1) is 3.83. The molecular weight excluding hydrogens is 96.1 g/mol. The number of allylic oxidation sites excluding steroid dienone is 2. The van der Waals surface area contributed by atoms with Crippen molar-refractivity contribution in [3.8, 4) is 0 Å². The zero-order valence-corrected chi connectivity index (χ0v) is 5.15. The van der Waals surface area contributed by atoms with Gasteiger partial charge in [0, 0.05) is 5.41 Å². The molecule has 0 heteroatoms. The Balaban J connectivity index is 1.99. The van der Waals surface area contributed by atoms with Crippen LogP contribution in [0, 0.1) is 17.3 Å². The normalized spacial score (nSPS) is 63.9. The molecule has 3 atom stereocenters. The second-order valence-corrected chi connectivity index (χ2v) is 3.74. The van der Waals surface area contributed by atoms with Crippen LogP contribution in [0.1, 0.15) is 19.8 Å². The Bertz CT molecular complexity index is 190. The molecule has 0 heterocycles. The molecule has 0 amide bonds. The monoisotopic (exact) mass is 106 g/mol. The molecule has 0 N–H and O–H groups in total. The van der Waals surface area contributed by atoms with Crippen molar-refractivity contribution in [3.05, 3.63) is 11.6 Å². The molecule has 8 heavy (non-hydrogen) atoms. The maximum Gasteiger partial charge on any atom is 0.0166 e. The molecule has 2 saturated carbocycles. The summed E-state index contributed by atoms with van der Waals surface area (Å²) in [5.74, 6) is 2.12. The van der Waals surface area contributed by atoms with Crippen LogP contribution in [-0.4, -0.2) is 0 Å². The quantitative estimate of drug-likeness (QED) is 0.414. The molecule has 0 aromatic carbocycles. The second-order valence-electron chi connectivity index (χ2n) is 3.74. The molecule has 3 aliphatic rings. The fourth-order valence-electron chi connectivity index (χ4n) is 2.56. The summed E-state index contributed by atoms with van der Waals surface area (Å²) >= 11 is 0. The van der Waals surface area contributed by atoms with Crippen molar-refractivity contribution in [2.75, 3.05) is 0 Å². The predicted octanol–water partition coefficient (Wildman–Crippen LogP) is 1.97. The predicted molar refractivity (Wildman–Crippen MR) is 32.4 cm³/mol. The van der Waals surface area contributed by atoms with Gasteiger partial charge >= 0.3 is 0 Å². The summed E-state index contributed by atoms with van der Waals surface area (Å²) in [7, 11) is 0. The lowest BCUT2D eigenvalue weighted by Crippen LogP contribution is -1.87. The lowest BCUT2D eigenvalue weighted by molar-refractivity contribution is 0.559. The van der Waals surface area contributed by atoms with E-state index in [1.54, 1.807) is 0 Å². The van der Waals surface area contributed by atoms with E-state index in [-0.39, 0.29) is 0 Å². The first-order valence-corrected chi connectivity index (χ1v) is 3.56. The van der Waals surface area contributed by atoms with Gasteiger partial charge in [0.15, 0.2) is 0 Å². The van der Waals surface area contributed by atoms with Gasteiger partial charge in [-0.15, -0.1) is 0 Å². The molecule has 0 radical (unpaired) electrons. The Morgan fingerprint density at radius 2 is 2.62 bits per heavy atom. The molecule has 0 bridgehead atoms. The third-order valence-electron chi connectivity index (χ3n) is 3.11. The molecule has 0 aromatic heterocycles. The highest BCUT2D eigenvalue weighted by Gasteiger charge is 2.72. The average molecular weight is 106 g/mol.